The maximum atomic E-state index is 13.4. The third-order valence-corrected chi connectivity index (χ3v) is 7.31. The lowest BCUT2D eigenvalue weighted by Crippen LogP contribution is -2.22. The van der Waals surface area contributed by atoms with E-state index in [1.165, 1.54) is 0 Å². The Kier molecular flexibility index (Phi) is 7.17. The fourth-order valence-corrected chi connectivity index (χ4v) is 5.27. The number of methoxy groups -OCH3 is 2. The molecule has 0 radical (unpaired) electrons. The number of rotatable bonds is 8. The van der Waals surface area contributed by atoms with Crippen LogP contribution in [-0.2, 0) is 11.2 Å². The van der Waals surface area contributed by atoms with E-state index < -0.39 is 5.92 Å². The highest BCUT2D eigenvalue weighted by Crippen LogP contribution is 2.50. The van der Waals surface area contributed by atoms with Crippen LogP contribution in [-0.4, -0.2) is 32.6 Å². The molecule has 2 heterocycles. The van der Waals surface area contributed by atoms with Gasteiger partial charge in [-0.15, -0.1) is 0 Å². The van der Waals surface area contributed by atoms with Crippen molar-refractivity contribution >= 4 is 17.8 Å². The normalized spacial score (nSPS) is 16.4. The van der Waals surface area contributed by atoms with Crippen LogP contribution in [0.3, 0.4) is 0 Å². The van der Waals surface area contributed by atoms with E-state index in [2.05, 4.69) is 0 Å². The predicted molar refractivity (Wildman–Crippen MR) is 153 cm³/mol. The van der Waals surface area contributed by atoms with E-state index in [1.807, 2.05) is 72.8 Å². The summed E-state index contributed by atoms with van der Waals surface area (Å²) in [4.78, 5) is 26.1. The largest absolute Gasteiger partial charge is 0.497 e. The average Bonchev–Trinajstić information content (AvgIpc) is 3.32. The van der Waals surface area contributed by atoms with Gasteiger partial charge in [-0.3, -0.25) is 9.59 Å². The summed E-state index contributed by atoms with van der Waals surface area (Å²) >= 11 is 0. The number of carbonyl (C=O) groups excluding carboxylic acids is 2. The molecule has 7 heteroatoms. The third kappa shape index (κ3) is 5.14. The Morgan fingerprint density at radius 3 is 2.37 bits per heavy atom. The molecule has 2 aliphatic heterocycles. The summed E-state index contributed by atoms with van der Waals surface area (Å²) < 4.78 is 28.8. The summed E-state index contributed by atoms with van der Waals surface area (Å²) in [6.45, 7) is 0.445. The van der Waals surface area contributed by atoms with Crippen molar-refractivity contribution in [1.82, 2.24) is 0 Å². The number of ether oxygens (including phenoxy) is 5. The second-order valence-electron chi connectivity index (χ2n) is 9.75. The van der Waals surface area contributed by atoms with Gasteiger partial charge in [-0.05, 0) is 48.0 Å². The topological polar surface area (TPSA) is 80.3 Å². The minimum atomic E-state index is -0.420. The summed E-state index contributed by atoms with van der Waals surface area (Å²) in [6, 6.07) is 26.2. The van der Waals surface area contributed by atoms with Gasteiger partial charge in [0, 0.05) is 29.0 Å². The lowest BCUT2D eigenvalue weighted by Gasteiger charge is -2.27. The van der Waals surface area contributed by atoms with Crippen molar-refractivity contribution < 1.29 is 33.3 Å². The molecule has 0 bridgehead atoms. The molecule has 0 N–H and O–H groups in total. The molecule has 0 aliphatic carbocycles. The Balaban J connectivity index is 1.32. The molecule has 0 spiro atoms. The lowest BCUT2D eigenvalue weighted by molar-refractivity contribution is -0.135. The molecule has 0 fully saturated rings. The minimum Gasteiger partial charge on any atom is -0.497 e. The van der Waals surface area contributed by atoms with Gasteiger partial charge >= 0.3 is 5.97 Å². The minimum absolute atomic E-state index is 0.0887. The third-order valence-electron chi connectivity index (χ3n) is 7.31. The first kappa shape index (κ1) is 26.2. The average molecular weight is 549 g/mol. The maximum absolute atomic E-state index is 13.4. The molecular weight excluding hydrogens is 520 g/mol. The van der Waals surface area contributed by atoms with Crippen LogP contribution >= 0.6 is 0 Å². The van der Waals surface area contributed by atoms with Crippen molar-refractivity contribution in [2.75, 3.05) is 20.8 Å². The van der Waals surface area contributed by atoms with Crippen LogP contribution in [0.25, 0.3) is 6.08 Å². The van der Waals surface area contributed by atoms with Gasteiger partial charge in [0.2, 0.25) is 5.78 Å². The number of Topliss-reactive ketones (excluding diaryl/α,β-unsaturated/α-hetero) is 1. The van der Waals surface area contributed by atoms with Crippen LogP contribution < -0.4 is 23.7 Å². The first-order valence-electron chi connectivity index (χ1n) is 13.3. The molecule has 0 aromatic heterocycles. The van der Waals surface area contributed by atoms with Crippen molar-refractivity contribution in [1.29, 1.82) is 0 Å². The van der Waals surface area contributed by atoms with Gasteiger partial charge in [0.1, 0.15) is 28.7 Å². The molecule has 7 nitrogen and oxygen atoms in total. The molecule has 6 rings (SSSR count). The first-order valence-corrected chi connectivity index (χ1v) is 13.3. The number of hydrogen-bond donors (Lipinski definition) is 0. The molecule has 41 heavy (non-hydrogen) atoms. The van der Waals surface area contributed by atoms with Crippen LogP contribution in [0.15, 0.2) is 90.7 Å². The molecule has 0 saturated heterocycles. The second-order valence-corrected chi connectivity index (χ2v) is 9.75. The smallest absolute Gasteiger partial charge is 0.312 e. The van der Waals surface area contributed by atoms with Gasteiger partial charge < -0.3 is 23.7 Å². The van der Waals surface area contributed by atoms with Crippen molar-refractivity contribution in [3.8, 4) is 28.7 Å². The van der Waals surface area contributed by atoms with Gasteiger partial charge in [-0.25, -0.2) is 0 Å². The maximum Gasteiger partial charge on any atom is 0.312 e. The van der Waals surface area contributed by atoms with Crippen molar-refractivity contribution in [3.63, 3.8) is 0 Å². The van der Waals surface area contributed by atoms with Gasteiger partial charge in [0.15, 0.2) is 5.76 Å². The zero-order valence-corrected chi connectivity index (χ0v) is 22.7. The fraction of sp³-hybridized carbons (Fsp3) is 0.176. The molecule has 0 unspecified atom stereocenters. The monoisotopic (exact) mass is 548 g/mol. The van der Waals surface area contributed by atoms with Gasteiger partial charge in [-0.2, -0.15) is 0 Å². The van der Waals surface area contributed by atoms with Crippen LogP contribution in [0.5, 0.6) is 28.7 Å². The number of carbonyl (C=O) groups is 2. The SMILES string of the molecule is COc1ccc(CCOc2ccccc2[C@@H]2CC(=O)Oc3ccc4c(c32)O/C(=C\c2ccccc2OC)C4=O)cc1. The van der Waals surface area contributed by atoms with Crippen molar-refractivity contribution in [2.24, 2.45) is 0 Å². The Labute approximate surface area is 237 Å². The fourth-order valence-electron chi connectivity index (χ4n) is 5.27. The summed E-state index contributed by atoms with van der Waals surface area (Å²) in [6.07, 6.45) is 2.46. The van der Waals surface area contributed by atoms with E-state index in [9.17, 15) is 9.59 Å². The molecule has 4 aromatic rings. The van der Waals surface area contributed by atoms with E-state index in [1.54, 1.807) is 32.4 Å². The van der Waals surface area contributed by atoms with Crippen LogP contribution in [0, 0.1) is 0 Å². The van der Waals surface area contributed by atoms with Gasteiger partial charge in [0.05, 0.1) is 32.8 Å². The lowest BCUT2D eigenvalue weighted by atomic mass is 9.84. The van der Waals surface area contributed by atoms with Crippen LogP contribution in [0.2, 0.25) is 0 Å². The predicted octanol–water partition coefficient (Wildman–Crippen LogP) is 6.38. The van der Waals surface area contributed by atoms with Crippen molar-refractivity contribution in [2.45, 2.75) is 18.8 Å². The molecule has 1 atom stereocenters. The number of hydrogen-bond acceptors (Lipinski definition) is 7. The standard InChI is InChI=1S/C34H28O7/c1-37-23-13-11-21(12-14-23)17-18-39-28-10-6-4-8-24(28)26-20-31(35)40-29-16-15-25-33(36)30(41-34(25)32(26)29)19-22-7-3-5-9-27(22)38-2/h3-16,19,26H,17-18,20H2,1-2H3/b30-19-/t26-/m0/s1. The van der Waals surface area contributed by atoms with Crippen LogP contribution in [0.1, 0.15) is 45.0 Å². The van der Waals surface area contributed by atoms with E-state index >= 15 is 0 Å². The molecule has 0 amide bonds. The molecule has 0 saturated carbocycles. The zero-order valence-electron chi connectivity index (χ0n) is 22.7. The van der Waals surface area contributed by atoms with Gasteiger partial charge in [0.25, 0.3) is 0 Å². The molecule has 206 valence electrons. The van der Waals surface area contributed by atoms with E-state index in [0.29, 0.717) is 47.2 Å². The first-order chi connectivity index (χ1) is 20.1. The van der Waals surface area contributed by atoms with E-state index in [0.717, 1.165) is 22.4 Å². The summed E-state index contributed by atoms with van der Waals surface area (Å²) in [7, 11) is 3.22. The quantitative estimate of drug-likeness (QED) is 0.144. The molecular formula is C34H28O7. The van der Waals surface area contributed by atoms with E-state index in [4.69, 9.17) is 23.7 Å². The highest BCUT2D eigenvalue weighted by atomic mass is 16.5. The Morgan fingerprint density at radius 1 is 0.829 bits per heavy atom. The Bertz CT molecular complexity index is 1650. The summed E-state index contributed by atoms with van der Waals surface area (Å²) in [5.41, 5.74) is 3.75. The molecule has 4 aromatic carbocycles. The molecule has 2 aliphatic rings. The highest BCUT2D eigenvalue weighted by Gasteiger charge is 2.39. The summed E-state index contributed by atoms with van der Waals surface area (Å²) in [5.74, 6) is 2.04. The van der Waals surface area contributed by atoms with Crippen molar-refractivity contribution in [3.05, 3.63) is 119 Å². The zero-order chi connectivity index (χ0) is 28.3. The number of allylic oxidation sites excluding steroid dienone is 1. The Hall–Kier alpha value is -5.04. The number of para-hydroxylation sites is 2. The Morgan fingerprint density at radius 2 is 1.59 bits per heavy atom. The number of ketones is 1. The second kappa shape index (κ2) is 11.2. The van der Waals surface area contributed by atoms with Crippen LogP contribution in [0.4, 0.5) is 0 Å². The number of benzene rings is 4. The van der Waals surface area contributed by atoms with E-state index in [-0.39, 0.29) is 23.9 Å². The highest BCUT2D eigenvalue weighted by molar-refractivity contribution is 6.15. The number of esters is 1. The number of fused-ring (bicyclic) bond motifs is 3. The van der Waals surface area contributed by atoms with Gasteiger partial charge in [-0.1, -0.05) is 48.5 Å². The summed E-state index contributed by atoms with van der Waals surface area (Å²) in [5, 5.41) is 0.